The summed E-state index contributed by atoms with van der Waals surface area (Å²) in [4.78, 5) is 10.3. The third-order valence-electron chi connectivity index (χ3n) is 6.06. The molecule has 0 unspecified atom stereocenters. The van der Waals surface area contributed by atoms with Gasteiger partial charge >= 0.3 is 0 Å². The highest BCUT2D eigenvalue weighted by molar-refractivity contribution is 7.18. The predicted octanol–water partition coefficient (Wildman–Crippen LogP) is 5.87. The summed E-state index contributed by atoms with van der Waals surface area (Å²) < 4.78 is 20.8. The monoisotopic (exact) mass is 423 g/mol. The van der Waals surface area contributed by atoms with Crippen LogP contribution in [0.2, 0.25) is 0 Å². The molecule has 0 saturated carbocycles. The number of aryl methyl sites for hydroxylation is 1. The molecule has 1 aliphatic rings. The van der Waals surface area contributed by atoms with E-state index in [0.717, 1.165) is 72.7 Å². The first-order chi connectivity index (χ1) is 14.7. The van der Waals surface area contributed by atoms with Crippen LogP contribution in [-0.4, -0.2) is 41.1 Å². The van der Waals surface area contributed by atoms with Gasteiger partial charge in [0.25, 0.3) is 0 Å². The van der Waals surface area contributed by atoms with Crippen LogP contribution >= 0.6 is 11.3 Å². The topological polar surface area (TPSA) is 41.1 Å². The number of ether oxygens (including phenoxy) is 1. The van der Waals surface area contributed by atoms with E-state index >= 15 is 0 Å². The van der Waals surface area contributed by atoms with E-state index in [1.165, 1.54) is 16.3 Å². The molecule has 156 valence electrons. The molecule has 0 atom stereocenters. The molecule has 4 aromatic rings. The molecule has 1 saturated heterocycles. The number of likely N-dealkylation sites (tertiary alicyclic amines) is 1. The zero-order valence-electron chi connectivity index (χ0n) is 17.2. The van der Waals surface area contributed by atoms with Crippen molar-refractivity contribution >= 4 is 32.5 Å². The molecule has 0 bridgehead atoms. The maximum absolute atomic E-state index is 13.7. The van der Waals surface area contributed by atoms with Crippen LogP contribution in [0, 0.1) is 12.7 Å². The van der Waals surface area contributed by atoms with Crippen molar-refractivity contribution in [3.63, 3.8) is 0 Å². The molecule has 30 heavy (non-hydrogen) atoms. The molecule has 0 radical (unpaired) electrons. The van der Waals surface area contributed by atoms with Crippen molar-refractivity contribution in [2.45, 2.75) is 32.1 Å². The van der Waals surface area contributed by atoms with Gasteiger partial charge in [-0.2, -0.15) is 0 Å². The molecule has 0 spiro atoms. The van der Waals surface area contributed by atoms with Gasteiger partial charge in [-0.15, -0.1) is 11.3 Å². The number of nitrogens with one attached hydrogen (secondary N) is 1. The van der Waals surface area contributed by atoms with Gasteiger partial charge < -0.3 is 14.6 Å². The second kappa shape index (κ2) is 8.36. The van der Waals surface area contributed by atoms with Gasteiger partial charge in [-0.05, 0) is 81.1 Å². The number of fused-ring (bicyclic) bond motifs is 2. The van der Waals surface area contributed by atoms with Gasteiger partial charge in [0.15, 0.2) is 0 Å². The molecule has 5 rings (SSSR count). The summed E-state index contributed by atoms with van der Waals surface area (Å²) in [5.41, 5.74) is 3.31. The van der Waals surface area contributed by atoms with E-state index in [2.05, 4.69) is 27.1 Å². The summed E-state index contributed by atoms with van der Waals surface area (Å²) in [6.45, 7) is 5.96. The fourth-order valence-corrected chi connectivity index (χ4v) is 5.32. The maximum Gasteiger partial charge on any atom is 0.123 e. The Kier molecular flexibility index (Phi) is 5.44. The van der Waals surface area contributed by atoms with E-state index in [1.807, 2.05) is 25.1 Å². The SMILES string of the molecule is Cc1nc2cc(OCCCN3CCC(c4c[nH]c5ccc(F)cc45)CC3)ccc2s1. The zero-order valence-corrected chi connectivity index (χ0v) is 18.0. The number of benzene rings is 2. The summed E-state index contributed by atoms with van der Waals surface area (Å²) in [5.74, 6) is 1.24. The third-order valence-corrected chi connectivity index (χ3v) is 7.01. The number of thiazole rings is 1. The Morgan fingerprint density at radius 2 is 2.07 bits per heavy atom. The molecular weight excluding hydrogens is 397 g/mol. The molecule has 0 aliphatic carbocycles. The number of aromatic nitrogens is 2. The van der Waals surface area contributed by atoms with Crippen LogP contribution in [0.1, 0.15) is 35.8 Å². The van der Waals surface area contributed by atoms with E-state index in [9.17, 15) is 4.39 Å². The van der Waals surface area contributed by atoms with Crippen LogP contribution in [0.3, 0.4) is 0 Å². The van der Waals surface area contributed by atoms with E-state index in [0.29, 0.717) is 5.92 Å². The van der Waals surface area contributed by atoms with Crippen LogP contribution in [0.15, 0.2) is 42.6 Å². The first kappa shape index (κ1) is 19.5. The molecule has 3 heterocycles. The van der Waals surface area contributed by atoms with Crippen molar-refractivity contribution in [2.75, 3.05) is 26.2 Å². The van der Waals surface area contributed by atoms with Crippen LogP contribution in [0.4, 0.5) is 4.39 Å². The molecule has 6 heteroatoms. The van der Waals surface area contributed by atoms with Crippen molar-refractivity contribution in [1.82, 2.24) is 14.9 Å². The van der Waals surface area contributed by atoms with E-state index in [4.69, 9.17) is 4.74 Å². The number of piperidine rings is 1. The first-order valence-electron chi connectivity index (χ1n) is 10.6. The molecule has 1 fully saturated rings. The van der Waals surface area contributed by atoms with E-state index in [-0.39, 0.29) is 5.82 Å². The highest BCUT2D eigenvalue weighted by Gasteiger charge is 2.22. The second-order valence-electron chi connectivity index (χ2n) is 8.11. The number of nitrogens with zero attached hydrogens (tertiary/aromatic N) is 2. The molecule has 4 nitrogen and oxygen atoms in total. The Morgan fingerprint density at radius 1 is 1.20 bits per heavy atom. The minimum Gasteiger partial charge on any atom is -0.493 e. The molecular formula is C24H26FN3OS. The van der Waals surface area contributed by atoms with Gasteiger partial charge in [-0.25, -0.2) is 9.37 Å². The average Bonchev–Trinajstić information content (AvgIpc) is 3.33. The fourth-order valence-electron chi connectivity index (χ4n) is 4.51. The summed E-state index contributed by atoms with van der Waals surface area (Å²) >= 11 is 1.71. The van der Waals surface area contributed by atoms with Crippen LogP contribution < -0.4 is 4.74 Å². The first-order valence-corrected chi connectivity index (χ1v) is 11.5. The fraction of sp³-hybridized carbons (Fsp3) is 0.375. The van der Waals surface area contributed by atoms with E-state index in [1.54, 1.807) is 17.4 Å². The number of H-pyrrole nitrogens is 1. The van der Waals surface area contributed by atoms with Crippen LogP contribution in [-0.2, 0) is 0 Å². The molecule has 2 aromatic carbocycles. The quantitative estimate of drug-likeness (QED) is 0.394. The van der Waals surface area contributed by atoms with Crippen molar-refractivity contribution in [2.24, 2.45) is 0 Å². The summed E-state index contributed by atoms with van der Waals surface area (Å²) in [7, 11) is 0. The Hall–Kier alpha value is -2.44. The molecule has 1 N–H and O–H groups in total. The third kappa shape index (κ3) is 4.07. The summed E-state index contributed by atoms with van der Waals surface area (Å²) in [6.07, 6.45) is 5.31. The number of rotatable bonds is 6. The Labute approximate surface area is 179 Å². The summed E-state index contributed by atoms with van der Waals surface area (Å²) in [5, 5.41) is 2.12. The lowest BCUT2D eigenvalue weighted by Crippen LogP contribution is -2.34. The van der Waals surface area contributed by atoms with Crippen molar-refractivity contribution in [3.8, 4) is 5.75 Å². The number of hydrogen-bond acceptors (Lipinski definition) is 4. The largest absolute Gasteiger partial charge is 0.493 e. The summed E-state index contributed by atoms with van der Waals surface area (Å²) in [6, 6.07) is 11.2. The number of hydrogen-bond donors (Lipinski definition) is 1. The van der Waals surface area contributed by atoms with Crippen molar-refractivity contribution in [3.05, 3.63) is 59.0 Å². The lowest BCUT2D eigenvalue weighted by Gasteiger charge is -2.31. The van der Waals surface area contributed by atoms with Gasteiger partial charge in [-0.3, -0.25) is 0 Å². The Balaban J connectivity index is 1.10. The van der Waals surface area contributed by atoms with Crippen LogP contribution in [0.5, 0.6) is 5.75 Å². The highest BCUT2D eigenvalue weighted by Crippen LogP contribution is 2.33. The lowest BCUT2D eigenvalue weighted by molar-refractivity contribution is 0.193. The standard InChI is InChI=1S/C24H26FN3OS/c1-16-27-23-14-19(4-6-24(23)30-16)29-12-2-9-28-10-7-17(8-11-28)21-15-26-22-5-3-18(25)13-20(21)22/h3-6,13-15,17,26H,2,7-12H2,1H3. The van der Waals surface area contributed by atoms with Crippen molar-refractivity contribution in [1.29, 1.82) is 0 Å². The lowest BCUT2D eigenvalue weighted by atomic mass is 9.89. The van der Waals surface area contributed by atoms with Gasteiger partial charge in [0, 0.05) is 29.7 Å². The van der Waals surface area contributed by atoms with Gasteiger partial charge in [0.1, 0.15) is 11.6 Å². The predicted molar refractivity (Wildman–Crippen MR) is 121 cm³/mol. The molecule has 1 aliphatic heterocycles. The normalized spacial score (nSPS) is 15.9. The zero-order chi connectivity index (χ0) is 20.5. The minimum atomic E-state index is -0.162. The number of aromatic amines is 1. The van der Waals surface area contributed by atoms with Gasteiger partial charge in [0.2, 0.25) is 0 Å². The smallest absolute Gasteiger partial charge is 0.123 e. The van der Waals surface area contributed by atoms with Gasteiger partial charge in [0.05, 0.1) is 21.8 Å². The van der Waals surface area contributed by atoms with E-state index < -0.39 is 0 Å². The number of halogens is 1. The molecule has 2 aromatic heterocycles. The second-order valence-corrected chi connectivity index (χ2v) is 9.35. The highest BCUT2D eigenvalue weighted by atomic mass is 32.1. The van der Waals surface area contributed by atoms with Crippen LogP contribution in [0.25, 0.3) is 21.1 Å². The van der Waals surface area contributed by atoms with Crippen molar-refractivity contribution < 1.29 is 9.13 Å². The maximum atomic E-state index is 13.7. The Bertz CT molecular complexity index is 1160. The molecule has 0 amide bonds. The Morgan fingerprint density at radius 3 is 2.93 bits per heavy atom. The minimum absolute atomic E-state index is 0.162. The van der Waals surface area contributed by atoms with Gasteiger partial charge in [-0.1, -0.05) is 0 Å². The average molecular weight is 424 g/mol.